The molecule has 0 unspecified atom stereocenters. The van der Waals surface area contributed by atoms with Gasteiger partial charge in [0.05, 0.1) is 19.3 Å². The van der Waals surface area contributed by atoms with Gasteiger partial charge in [-0.3, -0.25) is 9.69 Å². The number of carbonyl (C=O) groups is 1. The van der Waals surface area contributed by atoms with Crippen molar-refractivity contribution in [3.63, 3.8) is 0 Å². The molecule has 3 heterocycles. The van der Waals surface area contributed by atoms with Crippen molar-refractivity contribution >= 4 is 11.7 Å². The number of rotatable bonds is 5. The first-order valence-electron chi connectivity index (χ1n) is 10.1. The van der Waals surface area contributed by atoms with E-state index < -0.39 is 30.0 Å². The minimum Gasteiger partial charge on any atom is -0.379 e. The summed E-state index contributed by atoms with van der Waals surface area (Å²) in [4.78, 5) is 14.6. The van der Waals surface area contributed by atoms with Gasteiger partial charge in [0.15, 0.2) is 11.7 Å². The number of carbonyl (C=O) groups excluding carboxylic acids is 1. The highest BCUT2D eigenvalue weighted by Gasteiger charge is 2.46. The molecule has 1 fully saturated rings. The van der Waals surface area contributed by atoms with Crippen molar-refractivity contribution in [3.8, 4) is 0 Å². The van der Waals surface area contributed by atoms with Crippen LogP contribution in [0.1, 0.15) is 34.6 Å². The van der Waals surface area contributed by atoms with E-state index in [0.717, 1.165) is 17.8 Å². The SMILES string of the molecule is O=C(NCCN1CCOCC1)c1cc2n(n1)[C@H](C(F)(F)F)C[C@H](c1ccc(F)cc1)N2. The Bertz CT molecular complexity index is 909. The fraction of sp³-hybridized carbons (Fsp3) is 0.500. The molecule has 11 heteroatoms. The summed E-state index contributed by atoms with van der Waals surface area (Å²) in [7, 11) is 0. The van der Waals surface area contributed by atoms with E-state index in [1.165, 1.54) is 30.3 Å². The van der Waals surface area contributed by atoms with Gasteiger partial charge in [0.2, 0.25) is 0 Å². The first kappa shape index (κ1) is 21.6. The molecule has 1 amide bonds. The van der Waals surface area contributed by atoms with E-state index in [0.29, 0.717) is 31.9 Å². The van der Waals surface area contributed by atoms with Crippen LogP contribution in [0.2, 0.25) is 0 Å². The van der Waals surface area contributed by atoms with Crippen molar-refractivity contribution in [2.75, 3.05) is 44.7 Å². The molecule has 1 aromatic heterocycles. The molecular formula is C20H23F4N5O2. The zero-order valence-electron chi connectivity index (χ0n) is 16.7. The second-order valence-corrected chi connectivity index (χ2v) is 7.61. The van der Waals surface area contributed by atoms with Gasteiger partial charge in [-0.25, -0.2) is 9.07 Å². The molecule has 0 radical (unpaired) electrons. The Balaban J connectivity index is 1.48. The van der Waals surface area contributed by atoms with Gasteiger partial charge in [-0.05, 0) is 17.7 Å². The van der Waals surface area contributed by atoms with Crippen LogP contribution in [0.4, 0.5) is 23.4 Å². The molecule has 7 nitrogen and oxygen atoms in total. The number of nitrogens with zero attached hydrogens (tertiary/aromatic N) is 3. The van der Waals surface area contributed by atoms with Crippen LogP contribution in [-0.2, 0) is 4.74 Å². The van der Waals surface area contributed by atoms with Gasteiger partial charge in [-0.1, -0.05) is 12.1 Å². The summed E-state index contributed by atoms with van der Waals surface area (Å²) in [5.41, 5.74) is 0.443. The van der Waals surface area contributed by atoms with Crippen LogP contribution in [0.15, 0.2) is 30.3 Å². The third kappa shape index (κ3) is 4.99. The lowest BCUT2D eigenvalue weighted by molar-refractivity contribution is -0.173. The minimum atomic E-state index is -4.55. The largest absolute Gasteiger partial charge is 0.410 e. The lowest BCUT2D eigenvalue weighted by Gasteiger charge is -2.33. The van der Waals surface area contributed by atoms with E-state index in [-0.39, 0.29) is 17.9 Å². The summed E-state index contributed by atoms with van der Waals surface area (Å²) in [6.07, 6.45) is -4.87. The average Bonchev–Trinajstić information content (AvgIpc) is 3.18. The third-order valence-electron chi connectivity index (χ3n) is 5.51. The van der Waals surface area contributed by atoms with Crippen LogP contribution in [0, 0.1) is 5.82 Å². The Kier molecular flexibility index (Phi) is 6.15. The number of hydrogen-bond acceptors (Lipinski definition) is 5. The molecule has 168 valence electrons. The normalized spacial score (nSPS) is 21.9. The van der Waals surface area contributed by atoms with E-state index in [4.69, 9.17) is 4.74 Å². The summed E-state index contributed by atoms with van der Waals surface area (Å²) in [5.74, 6) is -0.898. The standard InChI is InChI=1S/C20H23F4N5O2/c21-14-3-1-13(2-4-14)15-11-17(20(22,23)24)29-18(26-15)12-16(27-29)19(30)25-5-6-28-7-9-31-10-8-28/h1-4,12,15,17,26H,5-11H2,(H,25,30)/t15-,17+/m1/s1. The quantitative estimate of drug-likeness (QED) is 0.699. The van der Waals surface area contributed by atoms with Gasteiger partial charge in [0, 0.05) is 38.7 Å². The Morgan fingerprint density at radius 1 is 1.23 bits per heavy atom. The molecule has 0 bridgehead atoms. The van der Waals surface area contributed by atoms with Crippen LogP contribution in [0.5, 0.6) is 0 Å². The topological polar surface area (TPSA) is 71.4 Å². The first-order valence-corrected chi connectivity index (χ1v) is 10.1. The number of fused-ring (bicyclic) bond motifs is 1. The first-order chi connectivity index (χ1) is 14.8. The number of anilines is 1. The molecule has 2 aliphatic rings. The molecule has 4 rings (SSSR count). The van der Waals surface area contributed by atoms with Gasteiger partial charge in [-0.15, -0.1) is 0 Å². The second kappa shape index (κ2) is 8.83. The maximum absolute atomic E-state index is 13.7. The van der Waals surface area contributed by atoms with E-state index in [9.17, 15) is 22.4 Å². The lowest BCUT2D eigenvalue weighted by atomic mass is 9.97. The van der Waals surface area contributed by atoms with E-state index >= 15 is 0 Å². The number of benzene rings is 1. The van der Waals surface area contributed by atoms with Crippen molar-refractivity contribution in [1.29, 1.82) is 0 Å². The van der Waals surface area contributed by atoms with Crippen LogP contribution in [-0.4, -0.2) is 66.2 Å². The van der Waals surface area contributed by atoms with Gasteiger partial charge in [0.1, 0.15) is 11.6 Å². The molecule has 0 aliphatic carbocycles. The van der Waals surface area contributed by atoms with Gasteiger partial charge in [0.25, 0.3) is 5.91 Å². The van der Waals surface area contributed by atoms with Crippen LogP contribution >= 0.6 is 0 Å². The highest BCUT2D eigenvalue weighted by Crippen LogP contribution is 2.43. The van der Waals surface area contributed by atoms with Crippen LogP contribution in [0.25, 0.3) is 0 Å². The minimum absolute atomic E-state index is 0.0847. The van der Waals surface area contributed by atoms with E-state index in [2.05, 4.69) is 20.6 Å². The summed E-state index contributed by atoms with van der Waals surface area (Å²) < 4.78 is 60.5. The van der Waals surface area contributed by atoms with Crippen molar-refractivity contribution in [2.45, 2.75) is 24.7 Å². The number of alkyl halides is 3. The number of hydrogen-bond donors (Lipinski definition) is 2. The lowest BCUT2D eigenvalue weighted by Crippen LogP contribution is -2.41. The fourth-order valence-electron chi connectivity index (χ4n) is 3.84. The number of amides is 1. The molecule has 1 saturated heterocycles. The third-order valence-corrected chi connectivity index (χ3v) is 5.51. The number of aromatic nitrogens is 2. The van der Waals surface area contributed by atoms with Crippen LogP contribution in [0.3, 0.4) is 0 Å². The number of nitrogens with one attached hydrogen (secondary N) is 2. The summed E-state index contributed by atoms with van der Waals surface area (Å²) >= 11 is 0. The van der Waals surface area contributed by atoms with Crippen molar-refractivity contribution in [1.82, 2.24) is 20.0 Å². The second-order valence-electron chi connectivity index (χ2n) is 7.61. The maximum atomic E-state index is 13.7. The average molecular weight is 441 g/mol. The summed E-state index contributed by atoms with van der Waals surface area (Å²) in [6, 6.07) is 4.05. The van der Waals surface area contributed by atoms with Gasteiger partial charge in [-0.2, -0.15) is 18.3 Å². The molecule has 31 heavy (non-hydrogen) atoms. The molecule has 1 aromatic carbocycles. The molecule has 2 aliphatic heterocycles. The predicted molar refractivity (Wildman–Crippen MR) is 104 cm³/mol. The Labute approximate surface area is 176 Å². The number of halogens is 4. The molecule has 0 spiro atoms. The summed E-state index contributed by atoms with van der Waals surface area (Å²) in [5, 5.41) is 9.64. The van der Waals surface area contributed by atoms with Crippen molar-refractivity contribution < 1.29 is 27.1 Å². The highest BCUT2D eigenvalue weighted by molar-refractivity contribution is 5.93. The van der Waals surface area contributed by atoms with Crippen molar-refractivity contribution in [3.05, 3.63) is 47.4 Å². The molecular weight excluding hydrogens is 418 g/mol. The predicted octanol–water partition coefficient (Wildman–Crippen LogP) is 2.74. The maximum Gasteiger partial charge on any atom is 0.410 e. The number of ether oxygens (including phenoxy) is 1. The Morgan fingerprint density at radius 2 is 1.94 bits per heavy atom. The Hall–Kier alpha value is -2.66. The molecule has 2 aromatic rings. The van der Waals surface area contributed by atoms with E-state index in [1.807, 2.05) is 0 Å². The van der Waals surface area contributed by atoms with Crippen molar-refractivity contribution in [2.24, 2.45) is 0 Å². The number of morpholine rings is 1. The highest BCUT2D eigenvalue weighted by atomic mass is 19.4. The Morgan fingerprint density at radius 3 is 2.61 bits per heavy atom. The van der Waals surface area contributed by atoms with Crippen LogP contribution < -0.4 is 10.6 Å². The monoisotopic (exact) mass is 441 g/mol. The zero-order valence-corrected chi connectivity index (χ0v) is 16.7. The smallest absolute Gasteiger partial charge is 0.379 e. The van der Waals surface area contributed by atoms with Gasteiger partial charge >= 0.3 is 6.18 Å². The summed E-state index contributed by atoms with van der Waals surface area (Å²) in [6.45, 7) is 3.81. The van der Waals surface area contributed by atoms with Gasteiger partial charge < -0.3 is 15.4 Å². The van der Waals surface area contributed by atoms with E-state index in [1.54, 1.807) is 0 Å². The molecule has 2 N–H and O–H groups in total. The zero-order chi connectivity index (χ0) is 22.0. The molecule has 0 saturated carbocycles. The molecule has 2 atom stereocenters. The fourth-order valence-corrected chi connectivity index (χ4v) is 3.84.